The van der Waals surface area contributed by atoms with Gasteiger partial charge in [0.25, 0.3) is 0 Å². The van der Waals surface area contributed by atoms with Crippen LogP contribution in [0.15, 0.2) is 109 Å². The lowest BCUT2D eigenvalue weighted by Crippen LogP contribution is -2.38. The first-order valence-electron chi connectivity index (χ1n) is 8.50. The van der Waals surface area contributed by atoms with Crippen LogP contribution in [0.25, 0.3) is 0 Å². The summed E-state index contributed by atoms with van der Waals surface area (Å²) >= 11 is 0. The second-order valence-electron chi connectivity index (χ2n) is 6.01. The molecule has 0 saturated heterocycles. The van der Waals surface area contributed by atoms with Gasteiger partial charge in [0.2, 0.25) is 5.95 Å². The third-order valence-electron chi connectivity index (χ3n) is 4.53. The number of nitrogens with zero attached hydrogens (tertiary/aromatic N) is 1. The number of rotatable bonds is 4. The van der Waals surface area contributed by atoms with Crippen molar-refractivity contribution in [3.63, 3.8) is 0 Å². The second kappa shape index (κ2) is 7.19. The van der Waals surface area contributed by atoms with Crippen LogP contribution in [0.5, 0.6) is 0 Å². The molecule has 0 aliphatic carbocycles. The maximum Gasteiger partial charge on any atom is 0.216 e. The molecule has 0 atom stereocenters. The Labute approximate surface area is 153 Å². The van der Waals surface area contributed by atoms with E-state index in [9.17, 15) is 4.39 Å². The fraction of sp³-hybridized carbons (Fsp3) is 0. The second-order valence-corrected chi connectivity index (χ2v) is 9.42. The Hall–Kier alpha value is -2.83. The number of pyridine rings is 1. The van der Waals surface area contributed by atoms with Crippen LogP contribution in [0.4, 0.5) is 4.39 Å². The van der Waals surface area contributed by atoms with Gasteiger partial charge in [-0.1, -0.05) is 54.6 Å². The standard InChI is InChI=1S/C23H18FNP/c24-23-18-22(16-17-25-23)26(19-10-4-1-5-11-19,20-12-6-2-7-13-20)21-14-8-3-9-15-21/h1-18H/q+1. The molecule has 0 aliphatic heterocycles. The molecular formula is C23H18FNP+. The van der Waals surface area contributed by atoms with E-state index in [1.54, 1.807) is 12.3 Å². The number of benzene rings is 3. The van der Waals surface area contributed by atoms with E-state index in [1.165, 1.54) is 15.9 Å². The lowest BCUT2D eigenvalue weighted by atomic mass is 10.3. The van der Waals surface area contributed by atoms with Crippen LogP contribution < -0.4 is 21.2 Å². The Balaban J connectivity index is 2.14. The minimum Gasteiger partial charge on any atom is -0.228 e. The van der Waals surface area contributed by atoms with Crippen LogP contribution in [0.3, 0.4) is 0 Å². The molecule has 0 saturated carbocycles. The summed E-state index contributed by atoms with van der Waals surface area (Å²) in [5.41, 5.74) is 0. The lowest BCUT2D eigenvalue weighted by Gasteiger charge is -2.27. The maximum absolute atomic E-state index is 14.2. The summed E-state index contributed by atoms with van der Waals surface area (Å²) < 4.78 is 14.2. The molecule has 4 aromatic rings. The molecule has 1 aromatic heterocycles. The highest BCUT2D eigenvalue weighted by atomic mass is 31.2. The SMILES string of the molecule is Fc1cc([P+](c2ccccc2)(c2ccccc2)c2ccccc2)ccn1. The predicted molar refractivity (Wildman–Crippen MR) is 109 cm³/mol. The summed E-state index contributed by atoms with van der Waals surface area (Å²) in [6, 6.07) is 34.7. The Kier molecular flexibility index (Phi) is 4.60. The number of hydrogen-bond donors (Lipinski definition) is 0. The normalized spacial score (nSPS) is 11.3. The molecule has 3 heteroatoms. The zero-order chi connectivity index (χ0) is 17.8. The third-order valence-corrected chi connectivity index (χ3v) is 8.80. The maximum atomic E-state index is 14.2. The van der Waals surface area contributed by atoms with Gasteiger partial charge in [-0.05, 0) is 36.4 Å². The summed E-state index contributed by atoms with van der Waals surface area (Å²) in [4.78, 5) is 3.79. The van der Waals surface area contributed by atoms with Gasteiger partial charge in [-0.3, -0.25) is 0 Å². The largest absolute Gasteiger partial charge is 0.228 e. The van der Waals surface area contributed by atoms with E-state index in [4.69, 9.17) is 0 Å². The Morgan fingerprint density at radius 2 is 0.962 bits per heavy atom. The highest BCUT2D eigenvalue weighted by molar-refractivity contribution is 8.01. The van der Waals surface area contributed by atoms with Crippen LogP contribution in [0, 0.1) is 5.95 Å². The van der Waals surface area contributed by atoms with Gasteiger partial charge in [0.05, 0.1) is 0 Å². The first-order chi connectivity index (χ1) is 12.8. The average molecular weight is 358 g/mol. The van der Waals surface area contributed by atoms with Gasteiger partial charge in [0, 0.05) is 18.3 Å². The van der Waals surface area contributed by atoms with Crippen molar-refractivity contribution in [2.24, 2.45) is 0 Å². The third kappa shape index (κ3) is 2.83. The van der Waals surface area contributed by atoms with E-state index in [0.717, 1.165) is 5.30 Å². The molecular weight excluding hydrogens is 340 g/mol. The van der Waals surface area contributed by atoms with E-state index in [1.807, 2.05) is 60.7 Å². The minimum atomic E-state index is -2.21. The molecule has 0 amide bonds. The van der Waals surface area contributed by atoms with E-state index in [-0.39, 0.29) is 0 Å². The van der Waals surface area contributed by atoms with Crippen molar-refractivity contribution in [3.05, 3.63) is 115 Å². The molecule has 26 heavy (non-hydrogen) atoms. The van der Waals surface area contributed by atoms with Crippen molar-refractivity contribution in [1.29, 1.82) is 0 Å². The smallest absolute Gasteiger partial charge is 0.216 e. The van der Waals surface area contributed by atoms with Crippen molar-refractivity contribution >= 4 is 28.5 Å². The van der Waals surface area contributed by atoms with E-state index < -0.39 is 13.2 Å². The van der Waals surface area contributed by atoms with E-state index in [0.29, 0.717) is 0 Å². The molecule has 3 aromatic carbocycles. The van der Waals surface area contributed by atoms with E-state index >= 15 is 0 Å². The van der Waals surface area contributed by atoms with Crippen molar-refractivity contribution in [3.8, 4) is 0 Å². The van der Waals surface area contributed by atoms with Crippen molar-refractivity contribution in [2.45, 2.75) is 0 Å². The fourth-order valence-electron chi connectivity index (χ4n) is 3.45. The van der Waals surface area contributed by atoms with Crippen LogP contribution in [-0.4, -0.2) is 4.98 Å². The van der Waals surface area contributed by atoms with Gasteiger partial charge in [-0.15, -0.1) is 0 Å². The quantitative estimate of drug-likeness (QED) is 0.399. The van der Waals surface area contributed by atoms with Gasteiger partial charge in [0.15, 0.2) is 0 Å². The van der Waals surface area contributed by atoms with Crippen LogP contribution in [-0.2, 0) is 0 Å². The fourth-order valence-corrected chi connectivity index (χ4v) is 7.69. The van der Waals surface area contributed by atoms with Gasteiger partial charge < -0.3 is 0 Å². The Morgan fingerprint density at radius 3 is 1.35 bits per heavy atom. The monoisotopic (exact) mass is 358 g/mol. The molecule has 0 bridgehead atoms. The molecule has 1 heterocycles. The van der Waals surface area contributed by atoms with Gasteiger partial charge >= 0.3 is 0 Å². The summed E-state index contributed by atoms with van der Waals surface area (Å²) in [7, 11) is -2.21. The number of hydrogen-bond acceptors (Lipinski definition) is 1. The van der Waals surface area contributed by atoms with Gasteiger partial charge in [-0.25, -0.2) is 4.98 Å². The molecule has 0 N–H and O–H groups in total. The highest BCUT2D eigenvalue weighted by Crippen LogP contribution is 2.54. The molecule has 0 fully saturated rings. The van der Waals surface area contributed by atoms with E-state index in [2.05, 4.69) is 41.4 Å². The van der Waals surface area contributed by atoms with Crippen LogP contribution in [0.2, 0.25) is 0 Å². The summed E-state index contributed by atoms with van der Waals surface area (Å²) in [5.74, 6) is -0.449. The molecule has 126 valence electrons. The number of halogens is 1. The molecule has 0 spiro atoms. The average Bonchev–Trinajstić information content (AvgIpc) is 2.71. The Morgan fingerprint density at radius 1 is 0.538 bits per heavy atom. The topological polar surface area (TPSA) is 12.9 Å². The molecule has 4 rings (SSSR count). The first-order valence-corrected chi connectivity index (χ1v) is 10.3. The minimum absolute atomic E-state index is 0.449. The summed E-state index contributed by atoms with van der Waals surface area (Å²) in [6.07, 6.45) is 1.56. The van der Waals surface area contributed by atoms with Crippen molar-refractivity contribution < 1.29 is 4.39 Å². The highest BCUT2D eigenvalue weighted by Gasteiger charge is 2.47. The molecule has 0 radical (unpaired) electrons. The zero-order valence-electron chi connectivity index (χ0n) is 14.2. The summed E-state index contributed by atoms with van der Waals surface area (Å²) in [6.45, 7) is 0. The molecule has 0 aliphatic rings. The first kappa shape index (κ1) is 16.6. The van der Waals surface area contributed by atoms with Crippen LogP contribution in [0.1, 0.15) is 0 Å². The number of aromatic nitrogens is 1. The van der Waals surface area contributed by atoms with Gasteiger partial charge in [-0.2, -0.15) is 4.39 Å². The van der Waals surface area contributed by atoms with Crippen molar-refractivity contribution in [1.82, 2.24) is 4.98 Å². The van der Waals surface area contributed by atoms with Crippen LogP contribution >= 0.6 is 7.26 Å². The van der Waals surface area contributed by atoms with Gasteiger partial charge in [0.1, 0.15) is 28.5 Å². The molecule has 1 nitrogen and oxygen atoms in total. The lowest BCUT2D eigenvalue weighted by molar-refractivity contribution is 0.585. The molecule has 0 unspecified atom stereocenters. The summed E-state index contributed by atoms with van der Waals surface area (Å²) in [5, 5.41) is 4.56. The zero-order valence-corrected chi connectivity index (χ0v) is 15.1. The predicted octanol–water partition coefficient (Wildman–Crippen LogP) is 3.84. The van der Waals surface area contributed by atoms with Crippen molar-refractivity contribution in [2.75, 3.05) is 0 Å². The Bertz CT molecular complexity index is 891.